The van der Waals surface area contributed by atoms with Gasteiger partial charge >= 0.3 is 5.97 Å². The quantitative estimate of drug-likeness (QED) is 0.334. The second kappa shape index (κ2) is 7.43. The molecule has 2 aromatic rings. The summed E-state index contributed by atoms with van der Waals surface area (Å²) in [5.41, 5.74) is 10.6. The molecule has 3 rings (SSSR count). The largest absolute Gasteiger partial charge is 0.462 e. The molecular formula is C17H15BrIN3O2. The summed E-state index contributed by atoms with van der Waals surface area (Å²) in [6, 6.07) is 11.5. The van der Waals surface area contributed by atoms with Gasteiger partial charge in [0.2, 0.25) is 0 Å². The van der Waals surface area contributed by atoms with E-state index in [0.717, 1.165) is 21.4 Å². The average molecular weight is 500 g/mol. The number of halogens is 2. The molecule has 3 N–H and O–H groups in total. The van der Waals surface area contributed by atoms with Gasteiger partial charge in [-0.3, -0.25) is 0 Å². The lowest BCUT2D eigenvalue weighted by Crippen LogP contribution is -2.11. The molecule has 0 amide bonds. The van der Waals surface area contributed by atoms with E-state index in [9.17, 15) is 4.79 Å². The fourth-order valence-corrected chi connectivity index (χ4v) is 4.39. The molecule has 0 fully saturated rings. The number of rotatable bonds is 4. The van der Waals surface area contributed by atoms with E-state index in [4.69, 9.17) is 10.5 Å². The van der Waals surface area contributed by atoms with Crippen LogP contribution in [0.25, 0.3) is 5.70 Å². The molecule has 0 saturated carbocycles. The summed E-state index contributed by atoms with van der Waals surface area (Å²) in [4.78, 5) is 12.1. The minimum Gasteiger partial charge on any atom is -0.462 e. The van der Waals surface area contributed by atoms with Gasteiger partial charge in [-0.2, -0.15) is 0 Å². The first-order valence-electron chi connectivity index (χ1n) is 7.26. The van der Waals surface area contributed by atoms with Gasteiger partial charge in [-0.25, -0.2) is 7.94 Å². The summed E-state index contributed by atoms with van der Waals surface area (Å²) < 4.78 is 12.5. The Kier molecular flexibility index (Phi) is 5.30. The van der Waals surface area contributed by atoms with E-state index in [1.54, 1.807) is 13.0 Å². The van der Waals surface area contributed by atoms with Crippen molar-refractivity contribution < 1.29 is 9.53 Å². The molecule has 0 aromatic heterocycles. The number of nitrogen functional groups attached to an aromatic ring is 1. The van der Waals surface area contributed by atoms with E-state index in [2.05, 4.69) is 28.5 Å². The Balaban J connectivity index is 1.98. The number of ether oxygens (including phenoxy) is 1. The van der Waals surface area contributed by atoms with Crippen LogP contribution in [0.15, 0.2) is 48.1 Å². The van der Waals surface area contributed by atoms with Crippen LogP contribution in [-0.4, -0.2) is 12.6 Å². The highest BCUT2D eigenvalue weighted by molar-refractivity contribution is 14.2. The van der Waals surface area contributed by atoms with Crippen molar-refractivity contribution in [3.8, 4) is 0 Å². The van der Waals surface area contributed by atoms with Crippen LogP contribution in [0.5, 0.6) is 0 Å². The van der Waals surface area contributed by atoms with Crippen molar-refractivity contribution in [3.63, 3.8) is 0 Å². The maximum atomic E-state index is 12.1. The number of fused-ring (bicyclic) bond motifs is 1. The molecule has 1 aliphatic rings. The number of hydrogen-bond acceptors (Lipinski definition) is 5. The fraction of sp³-hybridized carbons (Fsp3) is 0.118. The highest BCUT2D eigenvalue weighted by Gasteiger charge is 2.17. The summed E-state index contributed by atoms with van der Waals surface area (Å²) in [6.45, 7) is 2.07. The van der Waals surface area contributed by atoms with Crippen LogP contribution in [0.3, 0.4) is 0 Å². The zero-order chi connectivity index (χ0) is 17.1. The Morgan fingerprint density at radius 1 is 1.38 bits per heavy atom. The van der Waals surface area contributed by atoms with Crippen molar-refractivity contribution in [1.82, 2.24) is 0 Å². The van der Waals surface area contributed by atoms with Gasteiger partial charge in [0.25, 0.3) is 0 Å². The van der Waals surface area contributed by atoms with Crippen molar-refractivity contribution in [2.75, 3.05) is 17.7 Å². The molecule has 7 heteroatoms. The first-order valence-corrected chi connectivity index (χ1v) is 10.3. The number of anilines is 2. The van der Waals surface area contributed by atoms with Crippen molar-refractivity contribution in [1.29, 1.82) is 0 Å². The molecule has 0 saturated heterocycles. The lowest BCUT2D eigenvalue weighted by molar-refractivity contribution is 0.0527. The first-order chi connectivity index (χ1) is 11.6. The van der Waals surface area contributed by atoms with Crippen molar-refractivity contribution in [3.05, 3.63) is 56.1 Å². The number of benzene rings is 2. The first kappa shape index (κ1) is 17.1. The monoisotopic (exact) mass is 499 g/mol. The van der Waals surface area contributed by atoms with Crippen LogP contribution in [0.1, 0.15) is 22.8 Å². The highest BCUT2D eigenvalue weighted by Crippen LogP contribution is 2.38. The van der Waals surface area contributed by atoms with Gasteiger partial charge in [-0.15, -0.1) is 0 Å². The standard InChI is InChI=1S/C17H15BrIN3O2/c1-2-24-17(23)12-7-10(18)8-14(16(12)20)21-15-9-19-22-13-6-4-3-5-11(13)15/h3-9,21H,2,20H2,1H3. The van der Waals surface area contributed by atoms with Gasteiger partial charge < -0.3 is 15.8 Å². The average Bonchev–Trinajstić information content (AvgIpc) is 2.58. The number of hydrogen-bond donors (Lipinski definition) is 2. The molecule has 0 bridgehead atoms. The van der Waals surface area contributed by atoms with Gasteiger partial charge in [0.1, 0.15) is 0 Å². The highest BCUT2D eigenvalue weighted by atomic mass is 127. The topological polar surface area (TPSA) is 76.7 Å². The second-order valence-corrected chi connectivity index (χ2v) is 7.56. The molecule has 24 heavy (non-hydrogen) atoms. The van der Waals surface area contributed by atoms with E-state index >= 15 is 0 Å². The van der Waals surface area contributed by atoms with E-state index in [-0.39, 0.29) is 0 Å². The lowest BCUT2D eigenvalue weighted by atomic mass is 10.1. The molecule has 0 aliphatic carbocycles. The molecular weight excluding hydrogens is 485 g/mol. The fourth-order valence-electron chi connectivity index (χ4n) is 2.30. The minimum atomic E-state index is -0.431. The minimum absolute atomic E-state index is 0.304. The molecule has 1 aliphatic heterocycles. The molecule has 2 aromatic carbocycles. The van der Waals surface area contributed by atoms with Gasteiger partial charge in [-0.05, 0) is 25.1 Å². The maximum Gasteiger partial charge on any atom is 0.340 e. The van der Waals surface area contributed by atoms with Gasteiger partial charge in [0, 0.05) is 35.2 Å². The number of nitrogens with one attached hydrogen (secondary N) is 1. The number of carbonyl (C=O) groups is 1. The third kappa shape index (κ3) is 3.51. The molecule has 1 heterocycles. The Labute approximate surface area is 158 Å². The van der Waals surface area contributed by atoms with Crippen molar-refractivity contribution in [2.24, 2.45) is 3.15 Å². The van der Waals surface area contributed by atoms with Gasteiger partial charge in [-0.1, -0.05) is 34.1 Å². The van der Waals surface area contributed by atoms with E-state index in [1.807, 2.05) is 30.3 Å². The Hall–Kier alpha value is -1.74. The van der Waals surface area contributed by atoms with E-state index in [0.29, 0.717) is 23.5 Å². The van der Waals surface area contributed by atoms with E-state index in [1.165, 1.54) is 0 Å². The zero-order valence-corrected chi connectivity index (χ0v) is 16.6. The molecule has 5 nitrogen and oxygen atoms in total. The smallest absolute Gasteiger partial charge is 0.340 e. The Bertz CT molecular complexity index is 865. The zero-order valence-electron chi connectivity index (χ0n) is 12.8. The van der Waals surface area contributed by atoms with Crippen LogP contribution in [0.4, 0.5) is 17.1 Å². The van der Waals surface area contributed by atoms with Crippen molar-refractivity contribution >= 4 is 65.7 Å². The molecule has 0 unspecified atom stereocenters. The van der Waals surface area contributed by atoms with Gasteiger partial charge in [0.15, 0.2) is 0 Å². The summed E-state index contributed by atoms with van der Waals surface area (Å²) in [7, 11) is 0. The molecule has 124 valence electrons. The van der Waals surface area contributed by atoms with Crippen molar-refractivity contribution in [2.45, 2.75) is 6.92 Å². The number of carbonyl (C=O) groups excluding carboxylic acids is 1. The molecule has 0 spiro atoms. The van der Waals surface area contributed by atoms with Crippen LogP contribution in [0.2, 0.25) is 0 Å². The third-order valence-corrected chi connectivity index (χ3v) is 5.56. The summed E-state index contributed by atoms with van der Waals surface area (Å²) >= 11 is 3.03. The lowest BCUT2D eigenvalue weighted by Gasteiger charge is -2.18. The van der Waals surface area contributed by atoms with Crippen LogP contribution in [-0.2, 0) is 4.74 Å². The predicted molar refractivity (Wildman–Crippen MR) is 109 cm³/mol. The van der Waals surface area contributed by atoms with Gasteiger partial charge in [0.05, 0.1) is 34.9 Å². The normalized spacial score (nSPS) is 12.7. The van der Waals surface area contributed by atoms with Crippen LogP contribution < -0.4 is 11.1 Å². The molecule has 0 radical (unpaired) electrons. The summed E-state index contributed by atoms with van der Waals surface area (Å²) in [5.74, 6) is -0.431. The third-order valence-electron chi connectivity index (χ3n) is 3.40. The number of nitrogens with two attached hydrogens (primary N) is 1. The number of nitrogens with zero attached hydrogens (tertiary/aromatic N) is 1. The van der Waals surface area contributed by atoms with Crippen LogP contribution in [0, 0.1) is 0 Å². The second-order valence-electron chi connectivity index (χ2n) is 4.98. The summed E-state index contributed by atoms with van der Waals surface area (Å²) in [5, 5.41) is 3.35. The Morgan fingerprint density at radius 2 is 2.17 bits per heavy atom. The Morgan fingerprint density at radius 3 is 2.96 bits per heavy atom. The SMILES string of the molecule is CCOC(=O)c1cc(Br)cc(NC2=CI=Nc3ccccc32)c1N. The van der Waals surface area contributed by atoms with Crippen LogP contribution >= 0.6 is 37.0 Å². The predicted octanol–water partition coefficient (Wildman–Crippen LogP) is 5.42. The molecule has 0 atom stereocenters. The number of esters is 1. The van der Waals surface area contributed by atoms with E-state index < -0.39 is 27.0 Å². The maximum absolute atomic E-state index is 12.1. The summed E-state index contributed by atoms with van der Waals surface area (Å²) in [6.07, 6.45) is 0.